The quantitative estimate of drug-likeness (QED) is 0.732. The van der Waals surface area contributed by atoms with E-state index in [4.69, 9.17) is 0 Å². The average Bonchev–Trinajstić information content (AvgIpc) is 2.97. The number of aryl methyl sites for hydroxylation is 1. The molecule has 1 amide bonds. The Balaban J connectivity index is 1.60. The smallest absolute Gasteiger partial charge is 0.255 e. The molecule has 0 saturated carbocycles. The molecule has 3 aromatic rings. The molecule has 3 rings (SSSR count). The van der Waals surface area contributed by atoms with Crippen molar-refractivity contribution in [3.05, 3.63) is 48.3 Å². The number of thioether (sulfide) groups is 1. The largest absolute Gasteiger partial charge is 0.325 e. The predicted molar refractivity (Wildman–Crippen MR) is 86.0 cm³/mol. The van der Waals surface area contributed by atoms with Crippen molar-refractivity contribution < 1.29 is 4.79 Å². The summed E-state index contributed by atoms with van der Waals surface area (Å²) in [7, 11) is 0. The predicted octanol–water partition coefficient (Wildman–Crippen LogP) is 2.42. The topological polar surface area (TPSA) is 72.2 Å². The highest BCUT2D eigenvalue weighted by molar-refractivity contribution is 7.99. The number of rotatable bonds is 5. The zero-order valence-corrected chi connectivity index (χ0v) is 12.9. The Morgan fingerprint density at radius 3 is 2.86 bits per heavy atom. The summed E-state index contributed by atoms with van der Waals surface area (Å²) in [5.74, 6) is 0.723. The molecule has 0 saturated heterocycles. The van der Waals surface area contributed by atoms with Gasteiger partial charge >= 0.3 is 0 Å². The number of carbonyl (C=O) groups excluding carboxylic acids is 1. The third kappa shape index (κ3) is 3.25. The van der Waals surface area contributed by atoms with Crippen LogP contribution in [0.5, 0.6) is 0 Å². The van der Waals surface area contributed by atoms with Gasteiger partial charge in [0.05, 0.1) is 5.75 Å². The van der Waals surface area contributed by atoms with Crippen LogP contribution in [0.2, 0.25) is 0 Å². The molecule has 0 aliphatic heterocycles. The molecule has 0 fully saturated rings. The Labute approximate surface area is 132 Å². The fourth-order valence-corrected chi connectivity index (χ4v) is 2.68. The number of hydrogen-bond donors (Lipinski definition) is 1. The third-order valence-electron chi connectivity index (χ3n) is 3.14. The minimum absolute atomic E-state index is 0.0742. The molecule has 0 atom stereocenters. The fourth-order valence-electron chi connectivity index (χ4n) is 1.97. The van der Waals surface area contributed by atoms with Gasteiger partial charge < -0.3 is 5.32 Å². The van der Waals surface area contributed by atoms with Crippen LogP contribution in [-0.2, 0) is 11.2 Å². The maximum absolute atomic E-state index is 12.0. The lowest BCUT2D eigenvalue weighted by Crippen LogP contribution is -2.14. The van der Waals surface area contributed by atoms with Crippen molar-refractivity contribution in [2.75, 3.05) is 11.1 Å². The van der Waals surface area contributed by atoms with Gasteiger partial charge in [-0.2, -0.15) is 0 Å². The van der Waals surface area contributed by atoms with Gasteiger partial charge in [0.25, 0.3) is 5.78 Å². The highest BCUT2D eigenvalue weighted by atomic mass is 32.2. The summed E-state index contributed by atoms with van der Waals surface area (Å²) < 4.78 is 1.76. The standard InChI is InChI=1S/C15H15N5OS/c1-2-11-4-6-12(7-5-11)17-13(21)10-22-15-19-18-14-16-8-3-9-20(14)15/h3-9H,2,10H2,1H3,(H,17,21). The van der Waals surface area contributed by atoms with Gasteiger partial charge in [0.15, 0.2) is 5.16 Å². The minimum atomic E-state index is -0.0742. The Hall–Kier alpha value is -2.41. The van der Waals surface area contributed by atoms with Crippen LogP contribution in [0.3, 0.4) is 0 Å². The highest BCUT2D eigenvalue weighted by Gasteiger charge is 2.09. The maximum atomic E-state index is 12.0. The summed E-state index contributed by atoms with van der Waals surface area (Å²) in [5, 5.41) is 11.5. The second kappa shape index (κ2) is 6.57. The Kier molecular flexibility index (Phi) is 4.34. The van der Waals surface area contributed by atoms with Crippen molar-refractivity contribution in [1.82, 2.24) is 19.6 Å². The van der Waals surface area contributed by atoms with E-state index >= 15 is 0 Å². The van der Waals surface area contributed by atoms with Crippen molar-refractivity contribution in [2.24, 2.45) is 0 Å². The van der Waals surface area contributed by atoms with Crippen LogP contribution in [0.4, 0.5) is 5.69 Å². The van der Waals surface area contributed by atoms with Gasteiger partial charge in [-0.3, -0.25) is 9.20 Å². The second-order valence-corrected chi connectivity index (χ2v) is 5.60. The van der Waals surface area contributed by atoms with Crippen LogP contribution in [0, 0.1) is 0 Å². The normalized spacial score (nSPS) is 10.8. The molecule has 0 radical (unpaired) electrons. The number of anilines is 1. The number of aromatic nitrogens is 4. The summed E-state index contributed by atoms with van der Waals surface area (Å²) >= 11 is 1.33. The molecule has 112 valence electrons. The Morgan fingerprint density at radius 1 is 1.27 bits per heavy atom. The fraction of sp³-hybridized carbons (Fsp3) is 0.200. The third-order valence-corrected chi connectivity index (χ3v) is 4.08. The van der Waals surface area contributed by atoms with Crippen LogP contribution < -0.4 is 5.32 Å². The van der Waals surface area contributed by atoms with Gasteiger partial charge in [0, 0.05) is 18.1 Å². The minimum Gasteiger partial charge on any atom is -0.325 e. The first-order valence-electron chi connectivity index (χ1n) is 6.93. The summed E-state index contributed by atoms with van der Waals surface area (Å²) in [6, 6.07) is 9.66. The molecule has 0 aliphatic rings. The molecule has 7 heteroatoms. The first-order chi connectivity index (χ1) is 10.8. The zero-order valence-electron chi connectivity index (χ0n) is 12.1. The molecular formula is C15H15N5OS. The van der Waals surface area contributed by atoms with Gasteiger partial charge in [-0.05, 0) is 30.2 Å². The van der Waals surface area contributed by atoms with Gasteiger partial charge in [-0.1, -0.05) is 30.8 Å². The van der Waals surface area contributed by atoms with Crippen LogP contribution in [-0.4, -0.2) is 31.2 Å². The lowest BCUT2D eigenvalue weighted by Gasteiger charge is -2.05. The SMILES string of the molecule is CCc1ccc(NC(=O)CSc2nnc3ncccn23)cc1. The van der Waals surface area contributed by atoms with Gasteiger partial charge in [0.1, 0.15) is 0 Å². The van der Waals surface area contributed by atoms with Crippen LogP contribution in [0.15, 0.2) is 47.9 Å². The Morgan fingerprint density at radius 2 is 2.09 bits per heavy atom. The number of fused-ring (bicyclic) bond motifs is 1. The number of nitrogens with zero attached hydrogens (tertiary/aromatic N) is 4. The zero-order chi connectivity index (χ0) is 15.4. The van der Waals surface area contributed by atoms with E-state index < -0.39 is 0 Å². The molecular weight excluding hydrogens is 298 g/mol. The molecule has 6 nitrogen and oxygen atoms in total. The van der Waals surface area contributed by atoms with Crippen molar-refractivity contribution in [2.45, 2.75) is 18.5 Å². The summed E-state index contributed by atoms with van der Waals surface area (Å²) in [4.78, 5) is 16.1. The molecule has 1 N–H and O–H groups in total. The number of nitrogens with one attached hydrogen (secondary N) is 1. The summed E-state index contributed by atoms with van der Waals surface area (Å²) in [5.41, 5.74) is 2.05. The van der Waals surface area contributed by atoms with Crippen molar-refractivity contribution in [3.8, 4) is 0 Å². The van der Waals surface area contributed by atoms with E-state index in [1.807, 2.05) is 30.5 Å². The number of benzene rings is 1. The number of hydrogen-bond acceptors (Lipinski definition) is 5. The summed E-state index contributed by atoms with van der Waals surface area (Å²) in [6.45, 7) is 2.10. The van der Waals surface area contributed by atoms with E-state index in [1.54, 1.807) is 16.7 Å². The molecule has 2 heterocycles. The molecule has 1 aromatic carbocycles. The molecule has 0 bridgehead atoms. The molecule has 22 heavy (non-hydrogen) atoms. The van der Waals surface area contributed by atoms with Crippen LogP contribution in [0.1, 0.15) is 12.5 Å². The summed E-state index contributed by atoms with van der Waals surface area (Å²) in [6.07, 6.45) is 4.47. The second-order valence-electron chi connectivity index (χ2n) is 4.66. The van der Waals surface area contributed by atoms with Crippen molar-refractivity contribution in [3.63, 3.8) is 0 Å². The number of amides is 1. The lowest BCUT2D eigenvalue weighted by atomic mass is 10.1. The molecule has 0 aliphatic carbocycles. The monoisotopic (exact) mass is 313 g/mol. The molecule has 0 unspecified atom stereocenters. The first kappa shape index (κ1) is 14.5. The lowest BCUT2D eigenvalue weighted by molar-refractivity contribution is -0.113. The van der Waals surface area contributed by atoms with E-state index in [2.05, 4.69) is 27.4 Å². The van der Waals surface area contributed by atoms with E-state index in [9.17, 15) is 4.79 Å². The highest BCUT2D eigenvalue weighted by Crippen LogP contribution is 2.16. The maximum Gasteiger partial charge on any atom is 0.255 e. The molecule has 2 aromatic heterocycles. The average molecular weight is 313 g/mol. The van der Waals surface area contributed by atoms with Crippen LogP contribution >= 0.6 is 11.8 Å². The van der Waals surface area contributed by atoms with Gasteiger partial charge in [0.2, 0.25) is 5.91 Å². The Bertz CT molecular complexity index is 784. The van der Waals surface area contributed by atoms with E-state index in [-0.39, 0.29) is 11.7 Å². The van der Waals surface area contributed by atoms with Gasteiger partial charge in [-0.15, -0.1) is 10.2 Å². The number of carbonyl (C=O) groups is 1. The molecule has 0 spiro atoms. The first-order valence-corrected chi connectivity index (χ1v) is 7.92. The van der Waals surface area contributed by atoms with Crippen molar-refractivity contribution in [1.29, 1.82) is 0 Å². The van der Waals surface area contributed by atoms with E-state index in [0.717, 1.165) is 12.1 Å². The van der Waals surface area contributed by atoms with E-state index in [1.165, 1.54) is 17.3 Å². The van der Waals surface area contributed by atoms with Crippen LogP contribution in [0.25, 0.3) is 5.78 Å². The van der Waals surface area contributed by atoms with Gasteiger partial charge in [-0.25, -0.2) is 4.98 Å². The van der Waals surface area contributed by atoms with Crippen molar-refractivity contribution >= 4 is 29.1 Å². The van der Waals surface area contributed by atoms with E-state index in [0.29, 0.717) is 10.9 Å².